The summed E-state index contributed by atoms with van der Waals surface area (Å²) in [7, 11) is 0. The molecule has 0 aliphatic carbocycles. The minimum Gasteiger partial charge on any atom is -0.461 e. The molecule has 1 aromatic carbocycles. The molecule has 0 bridgehead atoms. The summed E-state index contributed by atoms with van der Waals surface area (Å²) in [6.07, 6.45) is 1.12. The second kappa shape index (κ2) is 7.95. The van der Waals surface area contributed by atoms with E-state index in [0.717, 1.165) is 11.1 Å². The summed E-state index contributed by atoms with van der Waals surface area (Å²) in [4.78, 5) is 29.6. The van der Waals surface area contributed by atoms with Crippen LogP contribution in [-0.4, -0.2) is 33.7 Å². The van der Waals surface area contributed by atoms with Gasteiger partial charge in [0.25, 0.3) is 0 Å². The second-order valence-electron chi connectivity index (χ2n) is 7.64. The number of ether oxygens (including phenoxy) is 2. The quantitative estimate of drug-likeness (QED) is 0.640. The number of fused-ring (bicyclic) bond motifs is 1. The minimum atomic E-state index is -0.631. The number of anilines is 1. The number of nitrogens with one attached hydrogen (secondary N) is 1. The largest absolute Gasteiger partial charge is 0.461 e. The van der Waals surface area contributed by atoms with Crippen molar-refractivity contribution >= 4 is 23.4 Å². The molecular weight excluding hydrogens is 370 g/mol. The van der Waals surface area contributed by atoms with Gasteiger partial charge in [0.15, 0.2) is 11.3 Å². The standard InChI is InChI=1S/C22H25N3O4/c1-6-28-20(26)18-17(15-11-9-14(2)10-12-15)24-19-16(8-7-13-25(18)19)23-21(27)29-22(3,4)5/h7-13H,6H2,1-5H3,(H,23,27). The summed E-state index contributed by atoms with van der Waals surface area (Å²) < 4.78 is 12.2. The van der Waals surface area contributed by atoms with Gasteiger partial charge in [0.2, 0.25) is 0 Å². The third kappa shape index (κ3) is 4.56. The molecule has 0 radical (unpaired) electrons. The van der Waals surface area contributed by atoms with Crippen LogP contribution in [0.4, 0.5) is 10.5 Å². The summed E-state index contributed by atoms with van der Waals surface area (Å²) in [5.41, 5.74) is 2.91. The summed E-state index contributed by atoms with van der Waals surface area (Å²) in [5, 5.41) is 2.72. The van der Waals surface area contributed by atoms with Crippen molar-refractivity contribution in [3.8, 4) is 11.3 Å². The fraction of sp³-hybridized carbons (Fsp3) is 0.318. The van der Waals surface area contributed by atoms with Gasteiger partial charge >= 0.3 is 12.1 Å². The molecule has 0 spiro atoms. The summed E-state index contributed by atoms with van der Waals surface area (Å²) in [6.45, 7) is 9.35. The lowest BCUT2D eigenvalue weighted by atomic mass is 10.1. The molecule has 2 aromatic heterocycles. The molecule has 3 rings (SSSR count). The van der Waals surface area contributed by atoms with Crippen LogP contribution < -0.4 is 5.32 Å². The average molecular weight is 395 g/mol. The van der Waals surface area contributed by atoms with E-state index in [1.165, 1.54) is 0 Å². The zero-order chi connectivity index (χ0) is 21.2. The highest BCUT2D eigenvalue weighted by Gasteiger charge is 2.24. The van der Waals surface area contributed by atoms with Gasteiger partial charge in [-0.3, -0.25) is 9.72 Å². The van der Waals surface area contributed by atoms with Gasteiger partial charge in [0.05, 0.1) is 12.3 Å². The van der Waals surface area contributed by atoms with Crippen LogP contribution in [0.5, 0.6) is 0 Å². The number of nitrogens with zero attached hydrogens (tertiary/aromatic N) is 2. The zero-order valence-corrected chi connectivity index (χ0v) is 17.3. The fourth-order valence-corrected chi connectivity index (χ4v) is 2.89. The molecule has 1 N–H and O–H groups in total. The Kier molecular flexibility index (Phi) is 5.59. The normalized spacial score (nSPS) is 11.3. The SMILES string of the molecule is CCOC(=O)c1c(-c2ccc(C)cc2)nc2c(NC(=O)OC(C)(C)C)cccn12. The fourth-order valence-electron chi connectivity index (χ4n) is 2.89. The van der Waals surface area contributed by atoms with Gasteiger partial charge in [-0.05, 0) is 46.8 Å². The Hall–Kier alpha value is -3.35. The molecule has 0 saturated carbocycles. The molecular formula is C22H25N3O4. The van der Waals surface area contributed by atoms with E-state index in [0.29, 0.717) is 22.7 Å². The zero-order valence-electron chi connectivity index (χ0n) is 17.3. The van der Waals surface area contributed by atoms with E-state index in [9.17, 15) is 9.59 Å². The molecule has 3 aromatic rings. The van der Waals surface area contributed by atoms with Crippen molar-refractivity contribution in [2.24, 2.45) is 0 Å². The summed E-state index contributed by atoms with van der Waals surface area (Å²) in [5.74, 6) is -0.481. The maximum atomic E-state index is 12.7. The number of rotatable bonds is 4. The van der Waals surface area contributed by atoms with Crippen molar-refractivity contribution in [3.05, 3.63) is 53.9 Å². The number of amides is 1. The van der Waals surface area contributed by atoms with Crippen LogP contribution in [0.3, 0.4) is 0 Å². The Morgan fingerprint density at radius 3 is 2.45 bits per heavy atom. The first-order valence-corrected chi connectivity index (χ1v) is 9.45. The molecule has 0 atom stereocenters. The van der Waals surface area contributed by atoms with Crippen molar-refractivity contribution in [2.45, 2.75) is 40.2 Å². The van der Waals surface area contributed by atoms with Crippen LogP contribution in [-0.2, 0) is 9.47 Å². The van der Waals surface area contributed by atoms with Crippen LogP contribution in [0.1, 0.15) is 43.7 Å². The van der Waals surface area contributed by atoms with E-state index in [2.05, 4.69) is 10.3 Å². The van der Waals surface area contributed by atoms with Crippen molar-refractivity contribution in [3.63, 3.8) is 0 Å². The predicted octanol–water partition coefficient (Wildman–Crippen LogP) is 4.83. The Bertz CT molecular complexity index is 1050. The van der Waals surface area contributed by atoms with Crippen molar-refractivity contribution in [1.82, 2.24) is 9.38 Å². The Labute approximate surface area is 169 Å². The molecule has 152 valence electrons. The Morgan fingerprint density at radius 2 is 1.83 bits per heavy atom. The van der Waals surface area contributed by atoms with Gasteiger partial charge < -0.3 is 9.47 Å². The van der Waals surface area contributed by atoms with E-state index in [1.807, 2.05) is 31.2 Å². The van der Waals surface area contributed by atoms with Gasteiger partial charge in [-0.15, -0.1) is 0 Å². The van der Waals surface area contributed by atoms with E-state index in [-0.39, 0.29) is 6.61 Å². The summed E-state index contributed by atoms with van der Waals surface area (Å²) >= 11 is 0. The van der Waals surface area contributed by atoms with Crippen molar-refractivity contribution in [1.29, 1.82) is 0 Å². The Balaban J connectivity index is 2.13. The molecule has 7 heteroatoms. The molecule has 2 heterocycles. The number of aromatic nitrogens is 2. The van der Waals surface area contributed by atoms with Crippen LogP contribution in [0.15, 0.2) is 42.6 Å². The van der Waals surface area contributed by atoms with E-state index < -0.39 is 17.7 Å². The molecule has 0 aliphatic rings. The average Bonchev–Trinajstić information content (AvgIpc) is 3.01. The number of esters is 1. The number of carbonyl (C=O) groups excluding carboxylic acids is 2. The third-order valence-electron chi connectivity index (χ3n) is 4.08. The van der Waals surface area contributed by atoms with Crippen LogP contribution >= 0.6 is 0 Å². The highest BCUT2D eigenvalue weighted by atomic mass is 16.6. The van der Waals surface area contributed by atoms with Gasteiger partial charge in [-0.1, -0.05) is 29.8 Å². The topological polar surface area (TPSA) is 81.9 Å². The maximum Gasteiger partial charge on any atom is 0.412 e. The minimum absolute atomic E-state index is 0.245. The summed E-state index contributed by atoms with van der Waals surface area (Å²) in [6, 6.07) is 11.1. The monoisotopic (exact) mass is 395 g/mol. The number of hydrogen-bond acceptors (Lipinski definition) is 5. The molecule has 0 saturated heterocycles. The predicted molar refractivity (Wildman–Crippen MR) is 111 cm³/mol. The van der Waals surface area contributed by atoms with Gasteiger partial charge in [0.1, 0.15) is 11.3 Å². The van der Waals surface area contributed by atoms with Gasteiger partial charge in [-0.2, -0.15) is 0 Å². The smallest absolute Gasteiger partial charge is 0.412 e. The molecule has 0 unspecified atom stereocenters. The van der Waals surface area contributed by atoms with E-state index >= 15 is 0 Å². The molecule has 0 fully saturated rings. The van der Waals surface area contributed by atoms with Gasteiger partial charge in [0, 0.05) is 11.8 Å². The number of aryl methyl sites for hydroxylation is 1. The van der Waals surface area contributed by atoms with Crippen LogP contribution in [0.2, 0.25) is 0 Å². The lowest BCUT2D eigenvalue weighted by Crippen LogP contribution is -2.27. The first-order chi connectivity index (χ1) is 13.7. The molecule has 29 heavy (non-hydrogen) atoms. The maximum absolute atomic E-state index is 12.7. The number of pyridine rings is 1. The third-order valence-corrected chi connectivity index (χ3v) is 4.08. The van der Waals surface area contributed by atoms with E-state index in [4.69, 9.17) is 9.47 Å². The Morgan fingerprint density at radius 1 is 1.14 bits per heavy atom. The van der Waals surface area contributed by atoms with Crippen LogP contribution in [0.25, 0.3) is 16.9 Å². The lowest BCUT2D eigenvalue weighted by molar-refractivity contribution is 0.0518. The number of imidazole rings is 1. The van der Waals surface area contributed by atoms with Gasteiger partial charge in [-0.25, -0.2) is 14.6 Å². The molecule has 1 amide bonds. The highest BCUT2D eigenvalue weighted by molar-refractivity contribution is 5.98. The highest BCUT2D eigenvalue weighted by Crippen LogP contribution is 2.29. The first kappa shape index (κ1) is 20.4. The van der Waals surface area contributed by atoms with Crippen molar-refractivity contribution in [2.75, 3.05) is 11.9 Å². The van der Waals surface area contributed by atoms with Crippen LogP contribution in [0, 0.1) is 6.92 Å². The second-order valence-corrected chi connectivity index (χ2v) is 7.64. The van der Waals surface area contributed by atoms with Crippen molar-refractivity contribution < 1.29 is 19.1 Å². The molecule has 0 aliphatic heterocycles. The lowest BCUT2D eigenvalue weighted by Gasteiger charge is -2.19. The first-order valence-electron chi connectivity index (χ1n) is 9.45. The van der Waals surface area contributed by atoms with E-state index in [1.54, 1.807) is 50.4 Å². The number of carbonyl (C=O) groups is 2. The molecule has 7 nitrogen and oxygen atoms in total. The number of benzene rings is 1. The number of hydrogen-bond donors (Lipinski definition) is 1.